The van der Waals surface area contributed by atoms with E-state index in [1.165, 1.54) is 11.8 Å². The number of hydrogen-bond acceptors (Lipinski definition) is 5. The van der Waals surface area contributed by atoms with Crippen LogP contribution in [0.2, 0.25) is 0 Å². The van der Waals surface area contributed by atoms with Crippen LogP contribution in [0.15, 0.2) is 52.0 Å². The average Bonchev–Trinajstić information content (AvgIpc) is 3.04. The second kappa shape index (κ2) is 8.40. The summed E-state index contributed by atoms with van der Waals surface area (Å²) in [6.07, 6.45) is 1.57. The number of amides is 2. The zero-order valence-corrected chi connectivity index (χ0v) is 13.9. The molecular weight excluding hydrogens is 314 g/mol. The van der Waals surface area contributed by atoms with E-state index in [4.69, 9.17) is 4.42 Å². The lowest BCUT2D eigenvalue weighted by Crippen LogP contribution is -2.36. The average molecular weight is 333 g/mol. The highest BCUT2D eigenvalue weighted by atomic mass is 32.2. The summed E-state index contributed by atoms with van der Waals surface area (Å²) >= 11 is 1.33. The van der Waals surface area contributed by atoms with Crippen LogP contribution in [0.1, 0.15) is 16.1 Å². The van der Waals surface area contributed by atoms with Crippen molar-refractivity contribution in [3.8, 4) is 0 Å². The Labute approximate surface area is 139 Å². The third kappa shape index (κ3) is 5.46. The van der Waals surface area contributed by atoms with Crippen LogP contribution < -0.4 is 10.7 Å². The van der Waals surface area contributed by atoms with Crippen LogP contribution in [0.3, 0.4) is 0 Å². The van der Waals surface area contributed by atoms with Crippen molar-refractivity contribution in [3.63, 3.8) is 0 Å². The van der Waals surface area contributed by atoms with Crippen molar-refractivity contribution in [3.05, 3.63) is 54.0 Å². The second-order valence-electron chi connectivity index (χ2n) is 4.98. The molecule has 0 unspecified atom stereocenters. The minimum absolute atomic E-state index is 0.116. The van der Waals surface area contributed by atoms with E-state index in [9.17, 15) is 9.59 Å². The van der Waals surface area contributed by atoms with Gasteiger partial charge in [-0.05, 0) is 24.3 Å². The number of rotatable bonds is 7. The molecule has 1 heterocycles. The molecule has 0 aliphatic heterocycles. The number of hydrazine groups is 1. The molecule has 23 heavy (non-hydrogen) atoms. The predicted octanol–water partition coefficient (Wildman–Crippen LogP) is 1.89. The predicted molar refractivity (Wildman–Crippen MR) is 88.9 cm³/mol. The first-order chi connectivity index (χ1) is 11.1. The highest BCUT2D eigenvalue weighted by Crippen LogP contribution is 2.22. The molecule has 2 N–H and O–H groups in total. The minimum atomic E-state index is -0.200. The van der Waals surface area contributed by atoms with Crippen LogP contribution in [-0.4, -0.2) is 36.7 Å². The van der Waals surface area contributed by atoms with Crippen molar-refractivity contribution in [2.24, 2.45) is 0 Å². The first-order valence-electron chi connectivity index (χ1n) is 7.05. The van der Waals surface area contributed by atoms with Gasteiger partial charge in [0.15, 0.2) is 0 Å². The molecule has 7 heteroatoms. The van der Waals surface area contributed by atoms with Gasteiger partial charge < -0.3 is 9.73 Å². The van der Waals surface area contributed by atoms with E-state index in [0.29, 0.717) is 17.9 Å². The number of hydrogen-bond donors (Lipinski definition) is 2. The summed E-state index contributed by atoms with van der Waals surface area (Å²) in [6.45, 7) is 0.356. The molecule has 0 fully saturated rings. The van der Waals surface area contributed by atoms with Gasteiger partial charge in [0.25, 0.3) is 5.91 Å². The Kier molecular flexibility index (Phi) is 6.25. The number of benzene rings is 1. The molecule has 0 bridgehead atoms. The van der Waals surface area contributed by atoms with Crippen molar-refractivity contribution >= 4 is 23.6 Å². The van der Waals surface area contributed by atoms with Gasteiger partial charge in [0, 0.05) is 19.0 Å². The molecule has 0 aliphatic carbocycles. The monoisotopic (exact) mass is 333 g/mol. The number of nitrogens with zero attached hydrogens (tertiary/aromatic N) is 1. The summed E-state index contributed by atoms with van der Waals surface area (Å²) in [5, 5.41) is 4.36. The quantitative estimate of drug-likeness (QED) is 0.598. The zero-order valence-electron chi connectivity index (χ0n) is 13.0. The maximum atomic E-state index is 12.1. The Balaban J connectivity index is 1.89. The highest BCUT2D eigenvalue weighted by Gasteiger charge is 2.13. The largest absolute Gasteiger partial charge is 0.467 e. The molecule has 0 atom stereocenters. The minimum Gasteiger partial charge on any atom is -0.467 e. The number of carbonyl (C=O) groups excluding carboxylic acids is 2. The molecule has 0 saturated heterocycles. The summed E-state index contributed by atoms with van der Waals surface area (Å²) in [7, 11) is 3.49. The van der Waals surface area contributed by atoms with E-state index in [2.05, 4.69) is 10.7 Å². The van der Waals surface area contributed by atoms with Gasteiger partial charge in [-0.2, -0.15) is 0 Å². The molecule has 1 aromatic carbocycles. The molecule has 0 spiro atoms. The van der Waals surface area contributed by atoms with Gasteiger partial charge in [-0.3, -0.25) is 15.0 Å². The molecule has 1 aromatic heterocycles. The topological polar surface area (TPSA) is 74.6 Å². The normalized spacial score (nSPS) is 10.6. The van der Waals surface area contributed by atoms with Crippen LogP contribution in [0.25, 0.3) is 0 Å². The highest BCUT2D eigenvalue weighted by molar-refractivity contribution is 8.00. The van der Waals surface area contributed by atoms with E-state index in [0.717, 1.165) is 4.90 Å². The van der Waals surface area contributed by atoms with Crippen LogP contribution >= 0.6 is 11.8 Å². The Bertz CT molecular complexity index is 656. The Hall–Kier alpha value is -2.25. The van der Waals surface area contributed by atoms with Crippen molar-refractivity contribution in [2.75, 3.05) is 19.8 Å². The summed E-state index contributed by atoms with van der Waals surface area (Å²) in [4.78, 5) is 24.8. The van der Waals surface area contributed by atoms with Gasteiger partial charge in [0.05, 0.1) is 24.1 Å². The van der Waals surface area contributed by atoms with Gasteiger partial charge in [0.1, 0.15) is 5.76 Å². The molecule has 0 saturated carbocycles. The van der Waals surface area contributed by atoms with Crippen LogP contribution in [-0.2, 0) is 11.3 Å². The number of furan rings is 1. The zero-order chi connectivity index (χ0) is 16.7. The standard InChI is InChI=1S/C16H19N3O3S/c1-19(2)18-16(21)13-7-3-4-8-14(13)23-11-15(20)17-10-12-6-5-9-22-12/h3-9H,10-11H2,1-2H3,(H,17,20)(H,18,21). The van der Waals surface area contributed by atoms with E-state index in [1.807, 2.05) is 12.1 Å². The maximum Gasteiger partial charge on any atom is 0.266 e. The van der Waals surface area contributed by atoms with Gasteiger partial charge in [0.2, 0.25) is 5.91 Å². The van der Waals surface area contributed by atoms with Crippen molar-refractivity contribution in [1.29, 1.82) is 0 Å². The van der Waals surface area contributed by atoms with Crippen LogP contribution in [0.4, 0.5) is 0 Å². The fourth-order valence-electron chi connectivity index (χ4n) is 1.84. The summed E-state index contributed by atoms with van der Waals surface area (Å²) < 4.78 is 5.16. The molecule has 122 valence electrons. The van der Waals surface area contributed by atoms with Gasteiger partial charge >= 0.3 is 0 Å². The first kappa shape index (κ1) is 17.1. The summed E-state index contributed by atoms with van der Waals surface area (Å²) in [5.41, 5.74) is 3.25. The summed E-state index contributed by atoms with van der Waals surface area (Å²) in [5.74, 6) is 0.616. The molecule has 2 rings (SSSR count). The first-order valence-corrected chi connectivity index (χ1v) is 8.04. The Morgan fingerprint density at radius 3 is 2.65 bits per heavy atom. The van der Waals surface area contributed by atoms with E-state index in [-0.39, 0.29) is 17.6 Å². The fraction of sp³-hybridized carbons (Fsp3) is 0.250. The van der Waals surface area contributed by atoms with Crippen molar-refractivity contribution < 1.29 is 14.0 Å². The van der Waals surface area contributed by atoms with Gasteiger partial charge in [-0.1, -0.05) is 12.1 Å². The second-order valence-corrected chi connectivity index (χ2v) is 5.99. The Morgan fingerprint density at radius 1 is 1.17 bits per heavy atom. The third-order valence-corrected chi connectivity index (χ3v) is 3.93. The maximum absolute atomic E-state index is 12.1. The smallest absolute Gasteiger partial charge is 0.266 e. The van der Waals surface area contributed by atoms with Gasteiger partial charge in [-0.15, -0.1) is 11.8 Å². The lowest BCUT2D eigenvalue weighted by Gasteiger charge is -2.14. The van der Waals surface area contributed by atoms with Crippen LogP contribution in [0.5, 0.6) is 0 Å². The van der Waals surface area contributed by atoms with Crippen molar-refractivity contribution in [1.82, 2.24) is 15.8 Å². The molecule has 2 amide bonds. The fourth-order valence-corrected chi connectivity index (χ4v) is 2.72. The Morgan fingerprint density at radius 2 is 1.96 bits per heavy atom. The third-order valence-electron chi connectivity index (χ3n) is 2.86. The van der Waals surface area contributed by atoms with E-state index >= 15 is 0 Å². The molecular formula is C16H19N3O3S. The number of nitrogens with one attached hydrogen (secondary N) is 2. The lowest BCUT2D eigenvalue weighted by atomic mass is 10.2. The van der Waals surface area contributed by atoms with Crippen LogP contribution in [0, 0.1) is 0 Å². The lowest BCUT2D eigenvalue weighted by molar-refractivity contribution is -0.118. The molecule has 0 radical (unpaired) electrons. The van der Waals surface area contributed by atoms with Gasteiger partial charge in [-0.25, -0.2) is 5.01 Å². The van der Waals surface area contributed by atoms with E-state index < -0.39 is 0 Å². The number of thioether (sulfide) groups is 1. The molecule has 2 aromatic rings. The summed E-state index contributed by atoms with van der Waals surface area (Å²) in [6, 6.07) is 10.8. The number of carbonyl (C=O) groups is 2. The SMILES string of the molecule is CN(C)NC(=O)c1ccccc1SCC(=O)NCc1ccco1. The molecule has 0 aliphatic rings. The molecule has 6 nitrogen and oxygen atoms in total. The van der Waals surface area contributed by atoms with E-state index in [1.54, 1.807) is 49.6 Å². The van der Waals surface area contributed by atoms with Crippen molar-refractivity contribution in [2.45, 2.75) is 11.4 Å².